The van der Waals surface area contributed by atoms with Crippen LogP contribution in [0.1, 0.15) is 45.8 Å². The van der Waals surface area contributed by atoms with Gasteiger partial charge in [-0.1, -0.05) is 49.4 Å². The predicted octanol–water partition coefficient (Wildman–Crippen LogP) is 4.34. The first-order valence-electron chi connectivity index (χ1n) is 10.1. The van der Waals surface area contributed by atoms with Gasteiger partial charge in [0, 0.05) is 23.8 Å². The first kappa shape index (κ1) is 23.1. The summed E-state index contributed by atoms with van der Waals surface area (Å²) in [5.41, 5.74) is 0.931. The molecular weight excluding hydrogens is 424 g/mol. The standard InChI is InChI=1S/C23H25F2NO4S/c1-15(16-6-3-2-4-7-16)19(27)11-9-17-14-23(24,25)22(30)26(17)13-5-8-18-10-12-20(31-18)21(28)29/h2-4,6-7,9-12,15,17,19,27H,5,8,13-14H2,1H3,(H,28,29)/t15-,17-,19+/m0/s1. The van der Waals surface area contributed by atoms with Gasteiger partial charge in [-0.05, 0) is 30.5 Å². The van der Waals surface area contributed by atoms with Gasteiger partial charge < -0.3 is 15.1 Å². The zero-order valence-electron chi connectivity index (χ0n) is 17.1. The molecule has 3 atom stereocenters. The summed E-state index contributed by atoms with van der Waals surface area (Å²) in [5.74, 6) is -5.85. The van der Waals surface area contributed by atoms with E-state index in [0.717, 1.165) is 26.7 Å². The Labute approximate surface area is 183 Å². The van der Waals surface area contributed by atoms with Crippen molar-refractivity contribution in [3.63, 3.8) is 0 Å². The predicted molar refractivity (Wildman–Crippen MR) is 115 cm³/mol. The lowest BCUT2D eigenvalue weighted by Gasteiger charge is -2.22. The lowest BCUT2D eigenvalue weighted by molar-refractivity contribution is -0.148. The third-order valence-electron chi connectivity index (χ3n) is 5.50. The van der Waals surface area contributed by atoms with Crippen molar-refractivity contribution in [2.24, 2.45) is 0 Å². The summed E-state index contributed by atoms with van der Waals surface area (Å²) in [6.45, 7) is 1.98. The second kappa shape index (κ2) is 9.70. The highest BCUT2D eigenvalue weighted by Crippen LogP contribution is 2.34. The molecule has 1 saturated heterocycles. The largest absolute Gasteiger partial charge is 0.477 e. The molecule has 1 amide bonds. The van der Waals surface area contributed by atoms with E-state index in [-0.39, 0.29) is 17.3 Å². The fourth-order valence-corrected chi connectivity index (χ4v) is 4.56. The Bertz CT molecular complexity index is 944. The molecule has 8 heteroatoms. The van der Waals surface area contributed by atoms with Crippen LogP contribution in [-0.2, 0) is 11.2 Å². The molecule has 2 aromatic rings. The van der Waals surface area contributed by atoms with Crippen LogP contribution in [0.4, 0.5) is 8.78 Å². The van der Waals surface area contributed by atoms with Crippen molar-refractivity contribution in [1.82, 2.24) is 4.90 Å². The third kappa shape index (κ3) is 5.57. The summed E-state index contributed by atoms with van der Waals surface area (Å²) in [6.07, 6.45) is 2.44. The van der Waals surface area contributed by atoms with Crippen molar-refractivity contribution < 1.29 is 28.6 Å². The number of carbonyl (C=O) groups excluding carboxylic acids is 1. The fourth-order valence-electron chi connectivity index (χ4n) is 3.67. The number of aliphatic hydroxyl groups is 1. The zero-order chi connectivity index (χ0) is 22.6. The summed E-state index contributed by atoms with van der Waals surface area (Å²) in [4.78, 5) is 25.4. The summed E-state index contributed by atoms with van der Waals surface area (Å²) < 4.78 is 28.2. The number of nitrogens with zero attached hydrogens (tertiary/aromatic N) is 1. The lowest BCUT2D eigenvalue weighted by Crippen LogP contribution is -2.36. The maximum atomic E-state index is 14.1. The van der Waals surface area contributed by atoms with Crippen LogP contribution >= 0.6 is 11.3 Å². The third-order valence-corrected chi connectivity index (χ3v) is 6.64. The van der Waals surface area contributed by atoms with Gasteiger partial charge in [-0.25, -0.2) is 4.79 Å². The smallest absolute Gasteiger partial charge is 0.345 e. The maximum Gasteiger partial charge on any atom is 0.345 e. The Balaban J connectivity index is 1.62. The molecule has 0 radical (unpaired) electrons. The second-order valence-corrected chi connectivity index (χ2v) is 8.89. The van der Waals surface area contributed by atoms with Crippen LogP contribution in [-0.4, -0.2) is 51.6 Å². The number of rotatable bonds is 9. The Hall–Kier alpha value is -2.58. The Morgan fingerprint density at radius 1 is 1.29 bits per heavy atom. The van der Waals surface area contributed by atoms with Gasteiger partial charge in [0.05, 0.1) is 12.1 Å². The number of carboxylic acids is 1. The van der Waals surface area contributed by atoms with Crippen molar-refractivity contribution in [2.45, 2.75) is 50.2 Å². The molecule has 31 heavy (non-hydrogen) atoms. The van der Waals surface area contributed by atoms with Gasteiger partial charge in [-0.15, -0.1) is 11.3 Å². The van der Waals surface area contributed by atoms with Crippen molar-refractivity contribution in [2.75, 3.05) is 6.54 Å². The van der Waals surface area contributed by atoms with Gasteiger partial charge in [-0.2, -0.15) is 8.78 Å². The van der Waals surface area contributed by atoms with E-state index in [2.05, 4.69) is 0 Å². The SMILES string of the molecule is C[C@@H](c1ccccc1)[C@H](O)C=C[C@H]1CC(F)(F)C(=O)N1CCCc1ccc(C(=O)O)s1. The van der Waals surface area contributed by atoms with Crippen molar-refractivity contribution >= 4 is 23.2 Å². The van der Waals surface area contributed by atoms with Gasteiger partial charge in [-0.3, -0.25) is 4.79 Å². The number of aromatic carboxylic acids is 1. The van der Waals surface area contributed by atoms with E-state index in [4.69, 9.17) is 5.11 Å². The van der Waals surface area contributed by atoms with Crippen LogP contribution < -0.4 is 0 Å². The summed E-state index contributed by atoms with van der Waals surface area (Å²) in [5, 5.41) is 19.4. The van der Waals surface area contributed by atoms with E-state index in [1.807, 2.05) is 37.3 Å². The molecule has 2 N–H and O–H groups in total. The Morgan fingerprint density at radius 3 is 2.65 bits per heavy atom. The molecule has 1 aliphatic heterocycles. The number of halogens is 2. The molecule has 0 saturated carbocycles. The number of aryl methyl sites for hydroxylation is 1. The molecule has 0 unspecified atom stereocenters. The van der Waals surface area contributed by atoms with Crippen LogP contribution in [0.2, 0.25) is 0 Å². The number of amides is 1. The average molecular weight is 450 g/mol. The summed E-state index contributed by atoms with van der Waals surface area (Å²) >= 11 is 1.14. The molecule has 2 heterocycles. The summed E-state index contributed by atoms with van der Waals surface area (Å²) in [6, 6.07) is 11.8. The molecule has 166 valence electrons. The normalized spacial score (nSPS) is 20.3. The van der Waals surface area contributed by atoms with Crippen molar-refractivity contribution in [3.05, 3.63) is 69.9 Å². The van der Waals surface area contributed by atoms with E-state index in [0.29, 0.717) is 12.8 Å². The highest BCUT2D eigenvalue weighted by molar-refractivity contribution is 7.13. The molecule has 1 aliphatic rings. The van der Waals surface area contributed by atoms with E-state index >= 15 is 0 Å². The topological polar surface area (TPSA) is 77.8 Å². The van der Waals surface area contributed by atoms with Gasteiger partial charge >= 0.3 is 11.9 Å². The van der Waals surface area contributed by atoms with Crippen LogP contribution in [0, 0.1) is 0 Å². The molecule has 1 aromatic heterocycles. The lowest BCUT2D eigenvalue weighted by atomic mass is 9.94. The minimum Gasteiger partial charge on any atom is -0.477 e. The molecule has 0 bridgehead atoms. The Morgan fingerprint density at radius 2 is 2.00 bits per heavy atom. The van der Waals surface area contributed by atoms with Gasteiger partial charge in [0.25, 0.3) is 5.91 Å². The fraction of sp³-hybridized carbons (Fsp3) is 0.391. The zero-order valence-corrected chi connectivity index (χ0v) is 17.9. The minimum atomic E-state index is -3.43. The van der Waals surface area contributed by atoms with Crippen molar-refractivity contribution in [3.8, 4) is 0 Å². The number of hydrogen-bond donors (Lipinski definition) is 2. The minimum absolute atomic E-state index is 0.133. The first-order valence-corrected chi connectivity index (χ1v) is 10.9. The number of carboxylic acid groups (broad SMARTS) is 1. The number of thiophene rings is 1. The molecule has 5 nitrogen and oxygen atoms in total. The number of hydrogen-bond acceptors (Lipinski definition) is 4. The van der Waals surface area contributed by atoms with E-state index in [1.165, 1.54) is 18.2 Å². The number of alkyl halides is 2. The van der Waals surface area contributed by atoms with Crippen LogP contribution in [0.5, 0.6) is 0 Å². The molecule has 0 aliphatic carbocycles. The monoisotopic (exact) mass is 449 g/mol. The molecule has 0 spiro atoms. The average Bonchev–Trinajstić information content (AvgIpc) is 3.30. The van der Waals surface area contributed by atoms with Gasteiger partial charge in [0.2, 0.25) is 0 Å². The van der Waals surface area contributed by atoms with Crippen molar-refractivity contribution in [1.29, 1.82) is 0 Å². The highest BCUT2D eigenvalue weighted by Gasteiger charge is 2.52. The first-order chi connectivity index (χ1) is 14.7. The maximum absolute atomic E-state index is 14.1. The van der Waals surface area contributed by atoms with E-state index < -0.39 is 36.4 Å². The number of carbonyl (C=O) groups is 2. The number of benzene rings is 1. The highest BCUT2D eigenvalue weighted by atomic mass is 32.1. The van der Waals surface area contributed by atoms with Gasteiger partial charge in [0.1, 0.15) is 4.88 Å². The van der Waals surface area contributed by atoms with Gasteiger partial charge in [0.15, 0.2) is 0 Å². The van der Waals surface area contributed by atoms with E-state index in [1.54, 1.807) is 6.07 Å². The molecule has 1 fully saturated rings. The van der Waals surface area contributed by atoms with E-state index in [9.17, 15) is 23.5 Å². The van der Waals surface area contributed by atoms with Crippen LogP contribution in [0.25, 0.3) is 0 Å². The molecular formula is C23H25F2NO4S. The molecule has 1 aromatic carbocycles. The summed E-state index contributed by atoms with van der Waals surface area (Å²) in [7, 11) is 0. The van der Waals surface area contributed by atoms with Crippen LogP contribution in [0.15, 0.2) is 54.6 Å². The Kier molecular flexibility index (Phi) is 7.23. The number of likely N-dealkylation sites (tertiary alicyclic amines) is 1. The number of aliphatic hydroxyl groups excluding tert-OH is 1. The van der Waals surface area contributed by atoms with Crippen LogP contribution in [0.3, 0.4) is 0 Å². The second-order valence-electron chi connectivity index (χ2n) is 7.72. The molecule has 3 rings (SSSR count). The quantitative estimate of drug-likeness (QED) is 0.559.